The molecule has 0 aliphatic carbocycles. The van der Waals surface area contributed by atoms with Crippen LogP contribution in [0.1, 0.15) is 58.5 Å². The highest BCUT2D eigenvalue weighted by atomic mass is 16.5. The van der Waals surface area contributed by atoms with Crippen LogP contribution in [0.2, 0.25) is 0 Å². The SMILES string of the molecule is COc1ccc2[nH]c3c(C)c4cc[n+](CCCCC(O)=Nc5ccc(C6=C7C=CC(=N7)C(c7cc[n+](C)cc7)=C7C=CC(=N7)C(c7cc[n+](C)cc7)=C7C=CC(=N7)C(=C7C=CN(C)C=C7)c7ccc6[nH]7)cc5)cc4c(C)c3c2c1. The highest BCUT2D eigenvalue weighted by Crippen LogP contribution is 2.40. The fourth-order valence-electron chi connectivity index (χ4n) is 11.4. The number of nitrogens with zero attached hydrogens (tertiary/aromatic N) is 8. The number of aryl methyl sites for hydroxylation is 5. The monoisotopic (exact) mass is 1040 g/mol. The number of methoxy groups -OCH3 is 1. The second-order valence-corrected chi connectivity index (χ2v) is 20.8. The van der Waals surface area contributed by atoms with Gasteiger partial charge < -0.3 is 24.7 Å². The van der Waals surface area contributed by atoms with Gasteiger partial charge in [0.1, 0.15) is 26.4 Å². The molecular formula is C67H59N10O2+3. The molecule has 5 aliphatic heterocycles. The van der Waals surface area contributed by atoms with Crippen molar-refractivity contribution >= 4 is 83.6 Å². The summed E-state index contributed by atoms with van der Waals surface area (Å²) < 4.78 is 11.9. The average molecular weight is 1040 g/mol. The fourth-order valence-corrected chi connectivity index (χ4v) is 11.4. The lowest BCUT2D eigenvalue weighted by Crippen LogP contribution is -2.32. The smallest absolute Gasteiger partial charge is 0.185 e. The Balaban J connectivity index is 0.828. The summed E-state index contributed by atoms with van der Waals surface area (Å²) in [4.78, 5) is 30.6. The Morgan fingerprint density at radius 1 is 0.595 bits per heavy atom. The number of unbranched alkanes of at least 4 members (excludes halogenated alkanes) is 1. The van der Waals surface area contributed by atoms with Gasteiger partial charge in [-0.15, -0.1) is 0 Å². The molecule has 8 aromatic rings. The van der Waals surface area contributed by atoms with E-state index in [1.807, 2.05) is 53.4 Å². The topological polar surface area (TPSA) is 125 Å². The first kappa shape index (κ1) is 48.8. The molecule has 3 N–H and O–H groups in total. The van der Waals surface area contributed by atoms with E-state index in [-0.39, 0.29) is 5.90 Å². The second kappa shape index (κ2) is 20.0. The number of pyridine rings is 3. The maximum Gasteiger partial charge on any atom is 0.185 e. The lowest BCUT2D eigenvalue weighted by molar-refractivity contribution is -0.696. The molecular weight excluding hydrogens is 977 g/mol. The van der Waals surface area contributed by atoms with E-state index in [2.05, 4.69) is 193 Å². The molecule has 0 radical (unpaired) electrons. The van der Waals surface area contributed by atoms with Gasteiger partial charge in [0.2, 0.25) is 0 Å². The zero-order valence-corrected chi connectivity index (χ0v) is 45.1. The summed E-state index contributed by atoms with van der Waals surface area (Å²) in [6, 6.07) is 29.3. The van der Waals surface area contributed by atoms with E-state index in [1.54, 1.807) is 7.11 Å². The molecule has 8 bridgehead atoms. The number of fused-ring (bicyclic) bond motifs is 9. The number of aliphatic hydroxyl groups is 1. The second-order valence-electron chi connectivity index (χ2n) is 20.8. The van der Waals surface area contributed by atoms with Gasteiger partial charge in [0.15, 0.2) is 43.1 Å². The Morgan fingerprint density at radius 3 is 1.80 bits per heavy atom. The Labute approximate surface area is 458 Å². The van der Waals surface area contributed by atoms with Crippen LogP contribution in [0.25, 0.3) is 54.9 Å². The number of aliphatic imine (C=N–C) groups is 4. The molecule has 10 heterocycles. The summed E-state index contributed by atoms with van der Waals surface area (Å²) in [5.74, 6) is 0.958. The van der Waals surface area contributed by atoms with E-state index in [4.69, 9.17) is 24.7 Å². The summed E-state index contributed by atoms with van der Waals surface area (Å²) in [7, 11) is 7.78. The molecule has 12 nitrogen and oxygen atoms in total. The first-order chi connectivity index (χ1) is 38.5. The third-order valence-corrected chi connectivity index (χ3v) is 15.5. The number of aromatic amines is 2. The van der Waals surface area contributed by atoms with Crippen LogP contribution in [0.3, 0.4) is 0 Å². The predicted octanol–water partition coefficient (Wildman–Crippen LogP) is 12.2. The molecule has 0 saturated heterocycles. The average Bonchev–Trinajstić information content (AvgIpc) is 4.44. The van der Waals surface area contributed by atoms with Crippen LogP contribution in [0.5, 0.6) is 5.75 Å². The molecule has 0 spiro atoms. The number of allylic oxidation sites excluding steroid dienone is 12. The minimum absolute atomic E-state index is 0.111. The van der Waals surface area contributed by atoms with Crippen molar-refractivity contribution < 1.29 is 23.5 Å². The van der Waals surface area contributed by atoms with E-state index in [0.29, 0.717) is 12.1 Å². The van der Waals surface area contributed by atoms with Gasteiger partial charge in [-0.05, 0) is 150 Å². The molecule has 79 heavy (non-hydrogen) atoms. The summed E-state index contributed by atoms with van der Waals surface area (Å²) in [6.07, 6.45) is 35.8. The standard InChI is InChI=1S/C67H57N10O2/c1-41-51-40-77(38-30-49(51)42(2)67-62(41)50-39-48(79-6)14-15-52(50)73-67)31-8-7-9-61(78)68-47-12-10-43(11-13-47)63-53-16-18-55(69-53)64(44-24-32-74(3)33-25-44)57-20-22-59(71-57)66(46-28-36-76(5)37-29-46)60-23-21-58(72-60)65(56-19-17-54(63)70-56)45-26-34-75(4)35-27-45/h10-30,32-40H,7-9,31H2,1-6H3,(H-,68,69,70,71,72,78)/q+1/p+2. The van der Waals surface area contributed by atoms with Crippen LogP contribution in [-0.4, -0.2) is 57.2 Å². The third kappa shape index (κ3) is 9.10. The molecule has 0 fully saturated rings. The molecule has 0 atom stereocenters. The van der Waals surface area contributed by atoms with Crippen molar-refractivity contribution in [2.45, 2.75) is 39.7 Å². The highest BCUT2D eigenvalue weighted by Gasteiger charge is 2.28. The Hall–Kier alpha value is -9.81. The minimum Gasteiger partial charge on any atom is -0.497 e. The van der Waals surface area contributed by atoms with Gasteiger partial charge in [-0.1, -0.05) is 12.1 Å². The quantitative estimate of drug-likeness (QED) is 0.0547. The molecule has 0 unspecified atom stereocenters. The normalized spacial score (nSPS) is 16.1. The van der Waals surface area contributed by atoms with Crippen molar-refractivity contribution in [3.8, 4) is 5.75 Å². The van der Waals surface area contributed by atoms with E-state index >= 15 is 0 Å². The summed E-state index contributed by atoms with van der Waals surface area (Å²) in [5, 5.41) is 16.1. The molecule has 386 valence electrons. The zero-order chi connectivity index (χ0) is 53.9. The van der Waals surface area contributed by atoms with E-state index in [9.17, 15) is 5.11 Å². The van der Waals surface area contributed by atoms with Gasteiger partial charge in [-0.25, -0.2) is 33.7 Å². The van der Waals surface area contributed by atoms with Gasteiger partial charge >= 0.3 is 0 Å². The Kier molecular flexibility index (Phi) is 12.3. The largest absolute Gasteiger partial charge is 0.497 e. The van der Waals surface area contributed by atoms with Crippen molar-refractivity contribution in [3.63, 3.8) is 0 Å². The number of benzene rings is 3. The molecule has 0 amide bonds. The van der Waals surface area contributed by atoms with Gasteiger partial charge in [-0.2, -0.15) is 0 Å². The van der Waals surface area contributed by atoms with Crippen LogP contribution in [-0.2, 0) is 20.6 Å². The number of aliphatic hydroxyl groups excluding tert-OH is 1. The highest BCUT2D eigenvalue weighted by molar-refractivity contribution is 6.37. The predicted molar refractivity (Wildman–Crippen MR) is 318 cm³/mol. The molecule has 0 saturated carbocycles. The molecule has 3 aromatic carbocycles. The number of ether oxygens (including phenoxy) is 1. The maximum atomic E-state index is 11.2. The van der Waals surface area contributed by atoms with E-state index < -0.39 is 0 Å². The number of rotatable bonds is 10. The number of hydrogen-bond donors (Lipinski definition) is 3. The summed E-state index contributed by atoms with van der Waals surface area (Å²) in [5.41, 5.74) is 19.9. The number of H-pyrrole nitrogens is 2. The van der Waals surface area contributed by atoms with E-state index in [0.717, 1.165) is 121 Å². The molecule has 5 aliphatic rings. The Bertz CT molecular complexity index is 4290. The van der Waals surface area contributed by atoms with Crippen LogP contribution in [0.15, 0.2) is 226 Å². The lowest BCUT2D eigenvalue weighted by Gasteiger charge is -2.16. The van der Waals surface area contributed by atoms with Gasteiger partial charge in [-0.3, -0.25) is 0 Å². The minimum atomic E-state index is 0.111. The van der Waals surface area contributed by atoms with Crippen molar-refractivity contribution in [1.29, 1.82) is 0 Å². The van der Waals surface area contributed by atoms with Gasteiger partial charge in [0.25, 0.3) is 0 Å². The fraction of sp³-hybridized carbons (Fsp3) is 0.149. The van der Waals surface area contributed by atoms with Crippen molar-refractivity contribution in [1.82, 2.24) is 14.9 Å². The lowest BCUT2D eigenvalue weighted by atomic mass is 9.97. The molecule has 5 aromatic heterocycles. The van der Waals surface area contributed by atoms with Crippen LogP contribution in [0.4, 0.5) is 5.69 Å². The van der Waals surface area contributed by atoms with Crippen molar-refractivity contribution in [3.05, 3.63) is 245 Å². The summed E-state index contributed by atoms with van der Waals surface area (Å²) >= 11 is 0. The molecule has 12 heteroatoms. The van der Waals surface area contributed by atoms with Crippen LogP contribution < -0.4 is 18.4 Å². The Morgan fingerprint density at radius 2 is 1.18 bits per heavy atom. The number of hydrogen-bond acceptors (Lipinski definition) is 6. The van der Waals surface area contributed by atoms with Gasteiger partial charge in [0.05, 0.1) is 52.5 Å². The van der Waals surface area contributed by atoms with Crippen molar-refractivity contribution in [2.24, 2.45) is 34.1 Å². The zero-order valence-electron chi connectivity index (χ0n) is 45.1. The van der Waals surface area contributed by atoms with Gasteiger partial charge in [0, 0.05) is 118 Å². The van der Waals surface area contributed by atoms with E-state index in [1.165, 1.54) is 38.2 Å². The number of nitrogens with one attached hydrogen (secondary N) is 2. The van der Waals surface area contributed by atoms with Crippen LogP contribution in [0, 0.1) is 13.8 Å². The summed E-state index contributed by atoms with van der Waals surface area (Å²) in [6.45, 7) is 5.23. The first-order valence-corrected chi connectivity index (χ1v) is 26.8. The first-order valence-electron chi connectivity index (χ1n) is 26.8. The maximum absolute atomic E-state index is 11.2. The number of aromatic nitrogens is 5. The molecule has 13 rings (SSSR count). The third-order valence-electron chi connectivity index (χ3n) is 15.5. The van der Waals surface area contributed by atoms with Crippen molar-refractivity contribution in [2.75, 3.05) is 14.2 Å². The van der Waals surface area contributed by atoms with Crippen LogP contribution >= 0.6 is 0 Å².